The maximum absolute atomic E-state index is 12.6. The Morgan fingerprint density at radius 2 is 2.13 bits per heavy atom. The number of H-pyrrole nitrogens is 1. The number of methoxy groups -OCH3 is 1. The Kier molecular flexibility index (Phi) is 4.37. The molecule has 1 saturated carbocycles. The van der Waals surface area contributed by atoms with Crippen LogP contribution < -0.4 is 0 Å². The highest BCUT2D eigenvalue weighted by molar-refractivity contribution is 6.08. The van der Waals surface area contributed by atoms with E-state index in [4.69, 9.17) is 9.73 Å². The van der Waals surface area contributed by atoms with Gasteiger partial charge in [0.1, 0.15) is 0 Å². The van der Waals surface area contributed by atoms with Gasteiger partial charge >= 0.3 is 5.97 Å². The molecule has 3 fully saturated rings. The van der Waals surface area contributed by atoms with Crippen LogP contribution in [0, 0.1) is 17.8 Å². The standard InChI is InChI=1S/C25H29N3O3/c1-31-24(30)22-16-13-19-23-25(21-7-4-11-26-21,17-5-2-3-6-18(17)27-23)10-12-28(19)14-15(16)8-9-20(22)29/h2-7,11,15-16,19-20,22,26,29H,8-10,12-14H2,1H3/t15-,16-,19-,20-,22+,25-/m0/s1. The van der Waals surface area contributed by atoms with Crippen LogP contribution in [0.5, 0.6) is 0 Å². The first-order chi connectivity index (χ1) is 15.1. The Bertz CT molecular complexity index is 1030. The molecule has 0 unspecified atom stereocenters. The Balaban J connectivity index is 1.43. The van der Waals surface area contributed by atoms with Crippen molar-refractivity contribution in [3.05, 3.63) is 53.9 Å². The molecule has 1 aliphatic carbocycles. The van der Waals surface area contributed by atoms with Gasteiger partial charge in [0, 0.05) is 31.0 Å². The molecule has 6 nitrogen and oxygen atoms in total. The van der Waals surface area contributed by atoms with Crippen molar-refractivity contribution >= 4 is 17.4 Å². The number of aliphatic hydroxyl groups is 1. The fourth-order valence-electron chi connectivity index (χ4n) is 7.00. The van der Waals surface area contributed by atoms with E-state index in [1.165, 1.54) is 24.1 Å². The summed E-state index contributed by atoms with van der Waals surface area (Å²) in [7, 11) is 1.43. The molecule has 6 heteroatoms. The largest absolute Gasteiger partial charge is 0.469 e. The average Bonchev–Trinajstić information content (AvgIpc) is 3.44. The predicted octanol–water partition coefficient (Wildman–Crippen LogP) is 3.04. The number of hydrogen-bond acceptors (Lipinski definition) is 5. The number of benzene rings is 1. The van der Waals surface area contributed by atoms with Gasteiger partial charge in [-0.2, -0.15) is 0 Å². The van der Waals surface area contributed by atoms with Crippen molar-refractivity contribution in [2.45, 2.75) is 43.2 Å². The lowest BCUT2D eigenvalue weighted by molar-refractivity contribution is -0.159. The van der Waals surface area contributed by atoms with E-state index in [0.29, 0.717) is 12.3 Å². The molecule has 0 spiro atoms. The lowest BCUT2D eigenvalue weighted by Crippen LogP contribution is -2.63. The second kappa shape index (κ2) is 7.04. The molecule has 0 radical (unpaired) electrons. The number of piperidine rings is 2. The minimum atomic E-state index is -0.611. The van der Waals surface area contributed by atoms with Gasteiger partial charge in [-0.3, -0.25) is 14.7 Å². The van der Waals surface area contributed by atoms with E-state index in [9.17, 15) is 9.90 Å². The molecule has 2 aromatic rings. The van der Waals surface area contributed by atoms with Crippen LogP contribution in [0.25, 0.3) is 0 Å². The Morgan fingerprint density at radius 1 is 1.26 bits per heavy atom. The molecule has 3 aliphatic heterocycles. The minimum Gasteiger partial charge on any atom is -0.469 e. The van der Waals surface area contributed by atoms with Crippen LogP contribution in [0.1, 0.15) is 36.9 Å². The van der Waals surface area contributed by atoms with Gasteiger partial charge in [0.25, 0.3) is 0 Å². The van der Waals surface area contributed by atoms with Gasteiger partial charge in [0.05, 0.1) is 35.9 Å². The van der Waals surface area contributed by atoms with Crippen LogP contribution in [0.4, 0.5) is 5.69 Å². The van der Waals surface area contributed by atoms with Crippen molar-refractivity contribution in [3.63, 3.8) is 0 Å². The Hall–Kier alpha value is -2.44. The third-order valence-corrected chi connectivity index (χ3v) is 8.38. The molecule has 31 heavy (non-hydrogen) atoms. The molecule has 4 heterocycles. The van der Waals surface area contributed by atoms with Crippen molar-refractivity contribution in [1.82, 2.24) is 9.88 Å². The van der Waals surface area contributed by atoms with Crippen molar-refractivity contribution in [2.24, 2.45) is 22.7 Å². The molecule has 0 bridgehead atoms. The molecule has 1 aromatic carbocycles. The van der Waals surface area contributed by atoms with E-state index in [1.54, 1.807) is 0 Å². The summed E-state index contributed by atoms with van der Waals surface area (Å²) in [6.07, 6.45) is 4.88. The van der Waals surface area contributed by atoms with Gasteiger partial charge in [-0.1, -0.05) is 18.2 Å². The summed E-state index contributed by atoms with van der Waals surface area (Å²) in [5, 5.41) is 10.7. The number of rotatable bonds is 2. The number of nitrogens with zero attached hydrogens (tertiary/aromatic N) is 2. The van der Waals surface area contributed by atoms with E-state index in [-0.39, 0.29) is 23.3 Å². The number of aromatic nitrogens is 1. The summed E-state index contributed by atoms with van der Waals surface area (Å²) in [6.45, 7) is 1.97. The van der Waals surface area contributed by atoms with E-state index < -0.39 is 12.0 Å². The number of nitrogens with one attached hydrogen (secondary N) is 1. The summed E-state index contributed by atoms with van der Waals surface area (Å²) < 4.78 is 5.11. The van der Waals surface area contributed by atoms with Gasteiger partial charge in [0.2, 0.25) is 0 Å². The minimum absolute atomic E-state index is 0.128. The van der Waals surface area contributed by atoms with E-state index in [1.807, 2.05) is 6.20 Å². The van der Waals surface area contributed by atoms with Crippen molar-refractivity contribution < 1.29 is 14.6 Å². The monoisotopic (exact) mass is 419 g/mol. The summed E-state index contributed by atoms with van der Waals surface area (Å²) in [5.74, 6) is -0.148. The molecule has 2 saturated heterocycles. The van der Waals surface area contributed by atoms with Crippen molar-refractivity contribution in [3.8, 4) is 0 Å². The number of ether oxygens (including phenoxy) is 1. The highest BCUT2D eigenvalue weighted by Gasteiger charge is 2.57. The van der Waals surface area contributed by atoms with E-state index in [2.05, 4.69) is 46.3 Å². The number of carbonyl (C=O) groups excluding carboxylic acids is 1. The van der Waals surface area contributed by atoms with Crippen molar-refractivity contribution in [2.75, 3.05) is 20.2 Å². The number of hydrogen-bond donors (Lipinski definition) is 2. The second-order valence-electron chi connectivity index (χ2n) is 9.62. The third kappa shape index (κ3) is 2.64. The summed E-state index contributed by atoms with van der Waals surface area (Å²) in [4.78, 5) is 23.9. The van der Waals surface area contributed by atoms with Gasteiger partial charge in [-0.05, 0) is 61.3 Å². The van der Waals surface area contributed by atoms with E-state index in [0.717, 1.165) is 38.0 Å². The molecule has 162 valence electrons. The number of aromatic amines is 1. The number of esters is 1. The van der Waals surface area contributed by atoms with E-state index >= 15 is 0 Å². The van der Waals surface area contributed by atoms with Crippen LogP contribution in [0.2, 0.25) is 0 Å². The number of aliphatic hydroxyl groups excluding tert-OH is 1. The normalized spacial score (nSPS) is 36.6. The number of fused-ring (bicyclic) bond motifs is 6. The highest BCUT2D eigenvalue weighted by Crippen LogP contribution is 2.53. The Morgan fingerprint density at radius 3 is 2.94 bits per heavy atom. The molecule has 2 N–H and O–H groups in total. The zero-order valence-electron chi connectivity index (χ0n) is 17.8. The first-order valence-corrected chi connectivity index (χ1v) is 11.5. The molecule has 6 rings (SSSR count). The zero-order chi connectivity index (χ0) is 21.2. The van der Waals surface area contributed by atoms with Gasteiger partial charge < -0.3 is 14.8 Å². The van der Waals surface area contributed by atoms with Gasteiger partial charge in [-0.15, -0.1) is 0 Å². The first-order valence-electron chi connectivity index (χ1n) is 11.5. The Labute approximate surface area is 182 Å². The lowest BCUT2D eigenvalue weighted by Gasteiger charge is -2.54. The van der Waals surface area contributed by atoms with Gasteiger partial charge in [0.15, 0.2) is 0 Å². The highest BCUT2D eigenvalue weighted by atomic mass is 16.5. The van der Waals surface area contributed by atoms with Crippen LogP contribution in [0.15, 0.2) is 47.6 Å². The SMILES string of the molecule is COC(=O)[C@@H]1[C@H]2C[C@H]3C4=Nc5ccccc5[C@]4(c4ccc[nH]4)CCN3C[C@@H]2CC[C@@H]1O. The topological polar surface area (TPSA) is 77.9 Å². The van der Waals surface area contributed by atoms with Crippen LogP contribution in [-0.4, -0.2) is 59.0 Å². The second-order valence-corrected chi connectivity index (χ2v) is 9.62. The van der Waals surface area contributed by atoms with Crippen LogP contribution in [0.3, 0.4) is 0 Å². The quantitative estimate of drug-likeness (QED) is 0.734. The average molecular weight is 420 g/mol. The molecular formula is C25H29N3O3. The number of aliphatic imine (C=N–C) groups is 1. The zero-order valence-corrected chi connectivity index (χ0v) is 17.8. The van der Waals surface area contributed by atoms with Crippen LogP contribution >= 0.6 is 0 Å². The summed E-state index contributed by atoms with van der Waals surface area (Å²) in [5.41, 5.74) is 4.50. The first kappa shape index (κ1) is 19.3. The molecule has 1 aromatic heterocycles. The predicted molar refractivity (Wildman–Crippen MR) is 117 cm³/mol. The maximum atomic E-state index is 12.6. The number of carbonyl (C=O) groups is 1. The number of para-hydroxylation sites is 1. The molecule has 6 atom stereocenters. The summed E-state index contributed by atoms with van der Waals surface area (Å²) >= 11 is 0. The van der Waals surface area contributed by atoms with Crippen LogP contribution in [-0.2, 0) is 14.9 Å². The summed E-state index contributed by atoms with van der Waals surface area (Å²) in [6, 6.07) is 12.9. The molecule has 4 aliphatic rings. The van der Waals surface area contributed by atoms with Gasteiger partial charge in [-0.25, -0.2) is 0 Å². The fraction of sp³-hybridized carbons (Fsp3) is 0.520. The fourth-order valence-corrected chi connectivity index (χ4v) is 7.00. The molecular weight excluding hydrogens is 390 g/mol. The van der Waals surface area contributed by atoms with Crippen molar-refractivity contribution in [1.29, 1.82) is 0 Å². The lowest BCUT2D eigenvalue weighted by atomic mass is 9.60. The maximum Gasteiger partial charge on any atom is 0.311 e. The third-order valence-electron chi connectivity index (χ3n) is 8.38. The smallest absolute Gasteiger partial charge is 0.311 e. The molecule has 0 amide bonds.